The standard InChI is InChI=1S/C18H20F3N5S.HI/c1-22-16(24-11-15-12-27-17(25-15)26(2)3)23-9-5-7-13-6-4-8-14(10-13)18(19,20)21;/h4,6,8,10,12H,9,11H2,1-3H3,(H2,22,23,24);1H. The number of alkyl halides is 3. The van der Waals surface area contributed by atoms with E-state index in [1.54, 1.807) is 24.5 Å². The van der Waals surface area contributed by atoms with Gasteiger partial charge in [-0.2, -0.15) is 13.2 Å². The Hall–Kier alpha value is -2.00. The Morgan fingerprint density at radius 3 is 2.64 bits per heavy atom. The molecule has 5 nitrogen and oxygen atoms in total. The van der Waals surface area contributed by atoms with Gasteiger partial charge in [0.25, 0.3) is 0 Å². The number of guanidine groups is 1. The minimum absolute atomic E-state index is 0. The Morgan fingerprint density at radius 2 is 2.04 bits per heavy atom. The second-order valence-electron chi connectivity index (χ2n) is 5.68. The summed E-state index contributed by atoms with van der Waals surface area (Å²) in [6.45, 7) is 0.751. The summed E-state index contributed by atoms with van der Waals surface area (Å²) in [6, 6.07) is 4.94. The number of anilines is 1. The maximum Gasteiger partial charge on any atom is 0.416 e. The first-order valence-corrected chi connectivity index (χ1v) is 8.90. The molecule has 0 unspecified atom stereocenters. The van der Waals surface area contributed by atoms with Crippen LogP contribution >= 0.6 is 35.3 Å². The Kier molecular flexibility index (Phi) is 9.54. The number of aromatic nitrogens is 1. The summed E-state index contributed by atoms with van der Waals surface area (Å²) in [5.74, 6) is 6.04. The van der Waals surface area contributed by atoms with E-state index in [0.717, 1.165) is 23.0 Å². The van der Waals surface area contributed by atoms with Gasteiger partial charge in [-0.3, -0.25) is 4.99 Å². The number of rotatable bonds is 4. The van der Waals surface area contributed by atoms with Crippen LogP contribution in [0.1, 0.15) is 16.8 Å². The van der Waals surface area contributed by atoms with Crippen LogP contribution in [0, 0.1) is 11.8 Å². The van der Waals surface area contributed by atoms with Crippen molar-refractivity contribution in [3.63, 3.8) is 0 Å². The minimum Gasteiger partial charge on any atom is -0.354 e. The molecule has 2 aromatic rings. The highest BCUT2D eigenvalue weighted by molar-refractivity contribution is 14.0. The van der Waals surface area contributed by atoms with Gasteiger partial charge in [-0.05, 0) is 18.2 Å². The van der Waals surface area contributed by atoms with Gasteiger partial charge in [0, 0.05) is 32.1 Å². The Morgan fingerprint density at radius 1 is 1.29 bits per heavy atom. The van der Waals surface area contributed by atoms with E-state index in [0.29, 0.717) is 18.1 Å². The van der Waals surface area contributed by atoms with Gasteiger partial charge < -0.3 is 15.5 Å². The predicted octanol–water partition coefficient (Wildman–Crippen LogP) is 3.56. The van der Waals surface area contributed by atoms with E-state index in [-0.39, 0.29) is 30.5 Å². The molecule has 0 aliphatic heterocycles. The third kappa shape index (κ3) is 7.55. The highest BCUT2D eigenvalue weighted by Gasteiger charge is 2.30. The molecule has 28 heavy (non-hydrogen) atoms. The number of halogens is 4. The van der Waals surface area contributed by atoms with Crippen molar-refractivity contribution in [3.8, 4) is 11.8 Å². The van der Waals surface area contributed by atoms with Crippen LogP contribution in [0.3, 0.4) is 0 Å². The van der Waals surface area contributed by atoms with Crippen LogP contribution in [0.25, 0.3) is 0 Å². The van der Waals surface area contributed by atoms with Gasteiger partial charge in [0.1, 0.15) is 0 Å². The molecule has 0 aliphatic carbocycles. The second-order valence-corrected chi connectivity index (χ2v) is 6.51. The van der Waals surface area contributed by atoms with E-state index in [1.807, 2.05) is 24.4 Å². The molecule has 0 bridgehead atoms. The first-order chi connectivity index (χ1) is 12.8. The van der Waals surface area contributed by atoms with Crippen LogP contribution in [0.5, 0.6) is 0 Å². The molecule has 1 aromatic carbocycles. The molecule has 10 heteroatoms. The number of benzene rings is 1. The third-order valence-electron chi connectivity index (χ3n) is 3.35. The normalized spacial score (nSPS) is 11.1. The lowest BCUT2D eigenvalue weighted by Crippen LogP contribution is -2.37. The van der Waals surface area contributed by atoms with E-state index < -0.39 is 11.7 Å². The first-order valence-electron chi connectivity index (χ1n) is 8.02. The number of hydrogen-bond donors (Lipinski definition) is 2. The maximum absolute atomic E-state index is 12.7. The summed E-state index contributed by atoms with van der Waals surface area (Å²) in [5, 5.41) is 8.99. The van der Waals surface area contributed by atoms with Gasteiger partial charge in [0.05, 0.1) is 24.3 Å². The summed E-state index contributed by atoms with van der Waals surface area (Å²) in [7, 11) is 5.49. The summed E-state index contributed by atoms with van der Waals surface area (Å²) in [5.41, 5.74) is 0.495. The average Bonchev–Trinajstić information content (AvgIpc) is 3.10. The van der Waals surface area contributed by atoms with Gasteiger partial charge >= 0.3 is 6.18 Å². The zero-order valence-electron chi connectivity index (χ0n) is 15.6. The number of nitrogens with one attached hydrogen (secondary N) is 2. The van der Waals surface area contributed by atoms with Gasteiger partial charge in [0.15, 0.2) is 11.1 Å². The number of nitrogens with zero attached hydrogens (tertiary/aromatic N) is 3. The van der Waals surface area contributed by atoms with Crippen LogP contribution in [-0.4, -0.2) is 38.6 Å². The largest absolute Gasteiger partial charge is 0.416 e. The Bertz CT molecular complexity index is 853. The molecule has 0 spiro atoms. The first kappa shape index (κ1) is 24.0. The van der Waals surface area contributed by atoms with E-state index in [4.69, 9.17) is 0 Å². The van der Waals surface area contributed by atoms with Crippen molar-refractivity contribution in [2.24, 2.45) is 4.99 Å². The zero-order chi connectivity index (χ0) is 19.9. The predicted molar refractivity (Wildman–Crippen MR) is 118 cm³/mol. The fourth-order valence-electron chi connectivity index (χ4n) is 2.03. The highest BCUT2D eigenvalue weighted by atomic mass is 127. The summed E-state index contributed by atoms with van der Waals surface area (Å²) >= 11 is 1.55. The molecule has 0 atom stereocenters. The van der Waals surface area contributed by atoms with Crippen LogP contribution in [0.15, 0.2) is 34.6 Å². The molecule has 0 amide bonds. The quantitative estimate of drug-likeness (QED) is 0.279. The lowest BCUT2D eigenvalue weighted by atomic mass is 10.1. The van der Waals surface area contributed by atoms with Gasteiger partial charge in [-0.25, -0.2) is 4.98 Å². The molecule has 0 fully saturated rings. The lowest BCUT2D eigenvalue weighted by molar-refractivity contribution is -0.137. The highest BCUT2D eigenvalue weighted by Crippen LogP contribution is 2.29. The molecule has 0 saturated carbocycles. The molecule has 0 radical (unpaired) electrons. The van der Waals surface area contributed by atoms with E-state index in [2.05, 4.69) is 32.5 Å². The SMILES string of the molecule is CN=C(NCC#Cc1cccc(C(F)(F)F)c1)NCc1csc(N(C)C)n1.I. The molecule has 0 aliphatic rings. The third-order valence-corrected chi connectivity index (χ3v) is 4.41. The Labute approximate surface area is 183 Å². The topological polar surface area (TPSA) is 52.6 Å². The second kappa shape index (κ2) is 11.1. The molecule has 1 aromatic heterocycles. The van der Waals surface area contributed by atoms with Crippen molar-refractivity contribution in [1.82, 2.24) is 15.6 Å². The molecule has 1 heterocycles. The minimum atomic E-state index is -4.37. The van der Waals surface area contributed by atoms with Gasteiger partial charge in [-0.1, -0.05) is 17.9 Å². The van der Waals surface area contributed by atoms with Gasteiger partial charge in [-0.15, -0.1) is 35.3 Å². The van der Waals surface area contributed by atoms with Crippen LogP contribution in [0.2, 0.25) is 0 Å². The molecule has 2 rings (SSSR count). The van der Waals surface area contributed by atoms with Crippen molar-refractivity contribution in [3.05, 3.63) is 46.5 Å². The summed E-state index contributed by atoms with van der Waals surface area (Å²) < 4.78 is 38.1. The van der Waals surface area contributed by atoms with Crippen LogP contribution < -0.4 is 15.5 Å². The number of thiazole rings is 1. The van der Waals surface area contributed by atoms with Gasteiger partial charge in [0.2, 0.25) is 0 Å². The maximum atomic E-state index is 12.7. The summed E-state index contributed by atoms with van der Waals surface area (Å²) in [6.07, 6.45) is -4.37. The molecule has 2 N–H and O–H groups in total. The van der Waals surface area contributed by atoms with Crippen LogP contribution in [-0.2, 0) is 12.7 Å². The van der Waals surface area contributed by atoms with Crippen molar-refractivity contribution >= 4 is 46.4 Å². The summed E-state index contributed by atoms with van der Waals surface area (Å²) in [4.78, 5) is 10.5. The molecular weight excluding hydrogens is 502 g/mol. The Balaban J connectivity index is 0.00000392. The van der Waals surface area contributed by atoms with E-state index in [1.165, 1.54) is 6.07 Å². The molecule has 152 valence electrons. The molecular formula is C18H21F3IN5S. The van der Waals surface area contributed by atoms with Crippen molar-refractivity contribution in [2.75, 3.05) is 32.6 Å². The van der Waals surface area contributed by atoms with Crippen LogP contribution in [0.4, 0.5) is 18.3 Å². The smallest absolute Gasteiger partial charge is 0.354 e. The van der Waals surface area contributed by atoms with Crippen molar-refractivity contribution in [1.29, 1.82) is 0 Å². The zero-order valence-corrected chi connectivity index (χ0v) is 18.7. The van der Waals surface area contributed by atoms with E-state index >= 15 is 0 Å². The van der Waals surface area contributed by atoms with Crippen molar-refractivity contribution < 1.29 is 13.2 Å². The van der Waals surface area contributed by atoms with Crippen molar-refractivity contribution in [2.45, 2.75) is 12.7 Å². The number of hydrogen-bond acceptors (Lipinski definition) is 4. The lowest BCUT2D eigenvalue weighted by Gasteiger charge is -2.09. The monoisotopic (exact) mass is 523 g/mol. The average molecular weight is 523 g/mol. The van der Waals surface area contributed by atoms with E-state index in [9.17, 15) is 13.2 Å². The molecule has 0 saturated heterocycles. The fourth-order valence-corrected chi connectivity index (χ4v) is 2.78. The fraction of sp³-hybridized carbons (Fsp3) is 0.333. The number of aliphatic imine (C=N–C) groups is 1.